The second-order valence-corrected chi connectivity index (χ2v) is 10.9. The van der Waals surface area contributed by atoms with Gasteiger partial charge < -0.3 is 30.3 Å². The van der Waals surface area contributed by atoms with E-state index in [2.05, 4.69) is 0 Å². The minimum atomic E-state index is -1.20. The fourth-order valence-corrected chi connectivity index (χ4v) is 6.33. The van der Waals surface area contributed by atoms with Crippen LogP contribution in [-0.4, -0.2) is 141 Å². The lowest BCUT2D eigenvalue weighted by Crippen LogP contribution is -2.59. The topological polar surface area (TPSA) is 205 Å². The van der Waals surface area contributed by atoms with Crippen molar-refractivity contribution in [3.63, 3.8) is 0 Å². The van der Waals surface area contributed by atoms with Gasteiger partial charge in [0, 0.05) is 31.8 Å². The van der Waals surface area contributed by atoms with E-state index in [0.29, 0.717) is 25.7 Å². The number of rotatable bonds is 18. The summed E-state index contributed by atoms with van der Waals surface area (Å²) in [6.07, 6.45) is 6.24. The minimum Gasteiger partial charge on any atom is -0.480 e. The van der Waals surface area contributed by atoms with Gasteiger partial charge in [0.1, 0.15) is 0 Å². The summed E-state index contributed by atoms with van der Waals surface area (Å²) in [5.74, 6) is -5.80. The molecule has 14 heteroatoms. The van der Waals surface area contributed by atoms with Gasteiger partial charge in [-0.3, -0.25) is 38.7 Å². The lowest BCUT2D eigenvalue weighted by atomic mass is 9.82. The second-order valence-electron chi connectivity index (χ2n) is 10.9. The molecule has 40 heavy (non-hydrogen) atoms. The Hall–Kier alpha value is -2.81. The lowest BCUT2D eigenvalue weighted by molar-refractivity contribution is -0.146. The van der Waals surface area contributed by atoms with E-state index in [4.69, 9.17) is 4.74 Å². The fraction of sp³-hybridized carbons (Fsp3) is 0.808. The first-order valence-electron chi connectivity index (χ1n) is 13.7. The molecule has 0 aromatic rings. The summed E-state index contributed by atoms with van der Waals surface area (Å²) in [6, 6.07) is -1.66. The molecule has 5 N–H and O–H groups in total. The third kappa shape index (κ3) is 11.4. The van der Waals surface area contributed by atoms with Crippen LogP contribution in [0.5, 0.6) is 0 Å². The van der Waals surface area contributed by atoms with Crippen LogP contribution >= 0.6 is 0 Å². The number of nitrogens with zero attached hydrogens (tertiary/aromatic N) is 3. The molecule has 2 fully saturated rings. The third-order valence-electron chi connectivity index (χ3n) is 8.02. The van der Waals surface area contributed by atoms with E-state index in [1.807, 2.05) is 0 Å². The quantitative estimate of drug-likeness (QED) is 0.152. The van der Waals surface area contributed by atoms with E-state index in [9.17, 15) is 49.5 Å². The van der Waals surface area contributed by atoms with Gasteiger partial charge in [-0.1, -0.05) is 12.8 Å². The van der Waals surface area contributed by atoms with Crippen molar-refractivity contribution in [2.45, 2.75) is 82.0 Å². The highest BCUT2D eigenvalue weighted by molar-refractivity contribution is 5.73. The maximum atomic E-state index is 12.0. The molecule has 0 radical (unpaired) electrons. The number of aliphatic carboxylic acids is 5. The largest absolute Gasteiger partial charge is 0.480 e. The van der Waals surface area contributed by atoms with E-state index >= 15 is 0 Å². The molecule has 2 aliphatic carbocycles. The minimum absolute atomic E-state index is 0.0478. The van der Waals surface area contributed by atoms with Gasteiger partial charge in [-0.15, -0.1) is 0 Å². The first-order valence-corrected chi connectivity index (χ1v) is 13.7. The molecular weight excluding hydrogens is 530 g/mol. The zero-order chi connectivity index (χ0) is 29.8. The molecule has 3 atom stereocenters. The summed E-state index contributed by atoms with van der Waals surface area (Å²) in [6.45, 7) is -2.51. The van der Waals surface area contributed by atoms with Gasteiger partial charge in [0.25, 0.3) is 0 Å². The Kier molecular flexibility index (Phi) is 13.7. The van der Waals surface area contributed by atoms with Gasteiger partial charge in [-0.25, -0.2) is 0 Å². The Bertz CT molecular complexity index is 846. The summed E-state index contributed by atoms with van der Waals surface area (Å²) in [4.78, 5) is 62.9. The number of hydrogen-bond acceptors (Lipinski definition) is 9. The van der Waals surface area contributed by atoms with Gasteiger partial charge in [0.15, 0.2) is 0 Å². The van der Waals surface area contributed by atoms with Crippen LogP contribution in [0.25, 0.3) is 0 Å². The van der Waals surface area contributed by atoms with E-state index < -0.39 is 80.7 Å². The molecule has 3 unspecified atom stereocenters. The van der Waals surface area contributed by atoms with Gasteiger partial charge in [0.05, 0.1) is 38.8 Å². The van der Waals surface area contributed by atoms with Gasteiger partial charge >= 0.3 is 29.8 Å². The average Bonchev–Trinajstić information content (AvgIpc) is 2.86. The first-order chi connectivity index (χ1) is 18.9. The number of methoxy groups -OCH3 is 1. The van der Waals surface area contributed by atoms with Crippen LogP contribution in [0.4, 0.5) is 0 Å². The predicted molar refractivity (Wildman–Crippen MR) is 140 cm³/mol. The number of carboxylic acid groups (broad SMARTS) is 5. The molecule has 2 saturated carbocycles. The predicted octanol–water partition coefficient (Wildman–Crippen LogP) is 0.591. The third-order valence-corrected chi connectivity index (χ3v) is 8.02. The van der Waals surface area contributed by atoms with Gasteiger partial charge in [0.2, 0.25) is 0 Å². The highest BCUT2D eigenvalue weighted by Gasteiger charge is 2.39. The molecule has 0 saturated heterocycles. The maximum Gasteiger partial charge on any atom is 0.317 e. The van der Waals surface area contributed by atoms with Crippen molar-refractivity contribution in [2.24, 2.45) is 5.92 Å². The monoisotopic (exact) mass is 573 g/mol. The van der Waals surface area contributed by atoms with E-state index in [0.717, 1.165) is 32.1 Å². The van der Waals surface area contributed by atoms with E-state index in [-0.39, 0.29) is 18.6 Å². The zero-order valence-corrected chi connectivity index (χ0v) is 23.0. The molecule has 0 aliphatic heterocycles. The second kappa shape index (κ2) is 16.5. The number of carboxylic acids is 5. The van der Waals surface area contributed by atoms with Crippen molar-refractivity contribution in [1.82, 2.24) is 14.7 Å². The van der Waals surface area contributed by atoms with E-state index in [1.165, 1.54) is 9.80 Å². The molecular formula is C26H43N3O11. The summed E-state index contributed by atoms with van der Waals surface area (Å²) in [5.41, 5.74) is 0. The van der Waals surface area contributed by atoms with Crippen molar-refractivity contribution in [1.29, 1.82) is 0 Å². The SMILES string of the molecule is COC1CCC(CC(CN(CC(=O)O)C2CCCCC2N(CC(=O)O)CC(=O)O)N(CC(=O)O)CC(=O)O)CC1. The molecule has 0 heterocycles. The van der Waals surface area contributed by atoms with Gasteiger partial charge in [-0.2, -0.15) is 0 Å². The Labute approximate surface area is 233 Å². The van der Waals surface area contributed by atoms with Crippen molar-refractivity contribution < 1.29 is 54.2 Å². The van der Waals surface area contributed by atoms with Gasteiger partial charge in [-0.05, 0) is 50.9 Å². The first kappa shape index (κ1) is 33.4. The lowest BCUT2D eigenvalue weighted by Gasteiger charge is -2.46. The van der Waals surface area contributed by atoms with Crippen LogP contribution in [0, 0.1) is 5.92 Å². The fourth-order valence-electron chi connectivity index (χ4n) is 6.33. The maximum absolute atomic E-state index is 12.0. The molecule has 0 aromatic heterocycles. The van der Waals surface area contributed by atoms with Crippen LogP contribution in [0.2, 0.25) is 0 Å². The zero-order valence-electron chi connectivity index (χ0n) is 23.0. The summed E-state index contributed by atoms with van der Waals surface area (Å²) in [5, 5.41) is 47.8. The molecule has 0 aromatic carbocycles. The van der Waals surface area contributed by atoms with Crippen molar-refractivity contribution in [3.8, 4) is 0 Å². The molecule has 14 nitrogen and oxygen atoms in total. The molecule has 0 amide bonds. The average molecular weight is 574 g/mol. The number of hydrogen-bond donors (Lipinski definition) is 5. The molecule has 0 spiro atoms. The Morgan fingerprint density at radius 3 is 1.50 bits per heavy atom. The van der Waals surface area contributed by atoms with Crippen molar-refractivity contribution in [3.05, 3.63) is 0 Å². The Morgan fingerprint density at radius 2 is 1.07 bits per heavy atom. The Balaban J connectivity index is 2.41. The molecule has 228 valence electrons. The van der Waals surface area contributed by atoms with Crippen LogP contribution in [-0.2, 0) is 28.7 Å². The Morgan fingerprint density at radius 1 is 0.650 bits per heavy atom. The normalized spacial score (nSPS) is 24.2. The smallest absolute Gasteiger partial charge is 0.317 e. The van der Waals surface area contributed by atoms with E-state index in [1.54, 1.807) is 12.0 Å². The summed E-state index contributed by atoms with van der Waals surface area (Å²) in [7, 11) is 1.65. The number of ether oxygens (including phenoxy) is 1. The summed E-state index contributed by atoms with van der Waals surface area (Å²) >= 11 is 0. The molecule has 2 aliphatic rings. The van der Waals surface area contributed by atoms with Crippen molar-refractivity contribution in [2.75, 3.05) is 46.4 Å². The van der Waals surface area contributed by atoms with Crippen LogP contribution in [0.3, 0.4) is 0 Å². The summed E-state index contributed by atoms with van der Waals surface area (Å²) < 4.78 is 5.45. The highest BCUT2D eigenvalue weighted by atomic mass is 16.5. The molecule has 2 rings (SSSR count). The number of carbonyl (C=O) groups is 5. The van der Waals surface area contributed by atoms with Crippen molar-refractivity contribution >= 4 is 29.8 Å². The van der Waals surface area contributed by atoms with Crippen LogP contribution < -0.4 is 0 Å². The highest BCUT2D eigenvalue weighted by Crippen LogP contribution is 2.32. The molecule has 0 bridgehead atoms. The standard InChI is InChI=1S/C26H43N3O11/c1-40-19-8-6-17(7-9-19)10-18(27(12-22(30)31)13-23(32)33)11-28(14-24(34)35)20-4-2-3-5-21(20)29(15-25(36)37)16-26(38)39/h17-21H,2-16H2,1H3,(H,30,31)(H,32,33)(H,34,35)(H,36,37)(H,38,39). The van der Waals surface area contributed by atoms with Crippen LogP contribution in [0.1, 0.15) is 57.8 Å². The van der Waals surface area contributed by atoms with Crippen LogP contribution in [0.15, 0.2) is 0 Å².